The number of carbonyl (C=O) groups excluding carboxylic acids is 2. The first-order chi connectivity index (χ1) is 14.7. The number of ether oxygens (including phenoxy) is 2. The Labute approximate surface area is 186 Å². The molecule has 2 amide bonds. The summed E-state index contributed by atoms with van der Waals surface area (Å²) >= 11 is 1.26. The number of methoxy groups -OCH3 is 1. The zero-order valence-electron chi connectivity index (χ0n) is 18.2. The molecule has 2 N–H and O–H groups in total. The summed E-state index contributed by atoms with van der Waals surface area (Å²) in [6.07, 6.45) is 0. The maximum Gasteiger partial charge on any atom is 0.266 e. The molecule has 0 aliphatic heterocycles. The van der Waals surface area contributed by atoms with Crippen molar-refractivity contribution in [3.8, 4) is 17.2 Å². The van der Waals surface area contributed by atoms with Gasteiger partial charge in [-0.2, -0.15) is 0 Å². The fourth-order valence-electron chi connectivity index (χ4n) is 2.69. The zero-order chi connectivity index (χ0) is 22.6. The van der Waals surface area contributed by atoms with Gasteiger partial charge in [0, 0.05) is 11.1 Å². The van der Waals surface area contributed by atoms with E-state index in [9.17, 15) is 9.59 Å². The average Bonchev–Trinajstić information content (AvgIpc) is 3.09. The fraction of sp³-hybridized carbons (Fsp3) is 0.250. The molecule has 1 heterocycles. The largest absolute Gasteiger partial charge is 0.493 e. The van der Waals surface area contributed by atoms with Crippen molar-refractivity contribution in [3.63, 3.8) is 0 Å². The molecule has 0 atom stereocenters. The topological polar surface area (TPSA) is 76.7 Å². The SMILES string of the molecule is COc1ccccc1Oc1ccc(NC(=O)c2sc(NC(=O)C(C)(C)C)cc2C)cc1. The Morgan fingerprint density at radius 1 is 0.935 bits per heavy atom. The molecule has 6 nitrogen and oxygen atoms in total. The van der Waals surface area contributed by atoms with Crippen molar-refractivity contribution in [2.24, 2.45) is 5.41 Å². The summed E-state index contributed by atoms with van der Waals surface area (Å²) < 4.78 is 11.1. The van der Waals surface area contributed by atoms with Gasteiger partial charge in [-0.25, -0.2) is 0 Å². The third-order valence-corrected chi connectivity index (χ3v) is 5.60. The lowest BCUT2D eigenvalue weighted by Gasteiger charge is -2.16. The van der Waals surface area contributed by atoms with Gasteiger partial charge in [0.15, 0.2) is 11.5 Å². The van der Waals surface area contributed by atoms with Crippen LogP contribution in [-0.4, -0.2) is 18.9 Å². The minimum atomic E-state index is -0.506. The number of amides is 2. The molecule has 1 aromatic heterocycles. The lowest BCUT2D eigenvalue weighted by molar-refractivity contribution is -0.123. The number of anilines is 2. The molecule has 31 heavy (non-hydrogen) atoms. The van der Waals surface area contributed by atoms with Gasteiger partial charge in [-0.05, 0) is 55.0 Å². The van der Waals surface area contributed by atoms with Gasteiger partial charge in [-0.3, -0.25) is 9.59 Å². The highest BCUT2D eigenvalue weighted by Gasteiger charge is 2.23. The maximum absolute atomic E-state index is 12.7. The molecule has 0 aliphatic carbocycles. The van der Waals surface area contributed by atoms with Gasteiger partial charge < -0.3 is 20.1 Å². The Balaban J connectivity index is 1.66. The van der Waals surface area contributed by atoms with Crippen molar-refractivity contribution in [2.75, 3.05) is 17.7 Å². The first kappa shape index (κ1) is 22.4. The van der Waals surface area contributed by atoms with Gasteiger partial charge in [-0.1, -0.05) is 32.9 Å². The highest BCUT2D eigenvalue weighted by Crippen LogP contribution is 2.32. The predicted octanol–water partition coefficient (Wildman–Crippen LogP) is 6.09. The van der Waals surface area contributed by atoms with Crippen LogP contribution in [-0.2, 0) is 4.79 Å². The average molecular weight is 439 g/mol. The van der Waals surface area contributed by atoms with Crippen LogP contribution in [0, 0.1) is 12.3 Å². The second kappa shape index (κ2) is 9.22. The molecule has 3 aromatic rings. The summed E-state index contributed by atoms with van der Waals surface area (Å²) in [5.74, 6) is 1.56. The normalized spacial score (nSPS) is 11.0. The van der Waals surface area contributed by atoms with Gasteiger partial charge in [0.25, 0.3) is 5.91 Å². The Morgan fingerprint density at radius 2 is 1.58 bits per heavy atom. The molecule has 3 rings (SSSR count). The van der Waals surface area contributed by atoms with Crippen LogP contribution in [0.2, 0.25) is 0 Å². The van der Waals surface area contributed by atoms with Crippen LogP contribution >= 0.6 is 11.3 Å². The summed E-state index contributed by atoms with van der Waals surface area (Å²) in [6, 6.07) is 16.3. The van der Waals surface area contributed by atoms with Crippen LogP contribution in [0.5, 0.6) is 17.2 Å². The van der Waals surface area contributed by atoms with Crippen LogP contribution in [0.4, 0.5) is 10.7 Å². The number of carbonyl (C=O) groups is 2. The summed E-state index contributed by atoms with van der Waals surface area (Å²) in [5.41, 5.74) is 0.946. The number of hydrogen-bond acceptors (Lipinski definition) is 5. The molecule has 0 bridgehead atoms. The molecule has 0 saturated carbocycles. The highest BCUT2D eigenvalue weighted by molar-refractivity contribution is 7.18. The monoisotopic (exact) mass is 438 g/mol. The smallest absolute Gasteiger partial charge is 0.266 e. The van der Waals surface area contributed by atoms with E-state index in [4.69, 9.17) is 9.47 Å². The van der Waals surface area contributed by atoms with Crippen molar-refractivity contribution in [3.05, 3.63) is 65.0 Å². The predicted molar refractivity (Wildman–Crippen MR) is 125 cm³/mol. The van der Waals surface area contributed by atoms with Crippen molar-refractivity contribution in [1.82, 2.24) is 0 Å². The minimum Gasteiger partial charge on any atom is -0.493 e. The zero-order valence-corrected chi connectivity index (χ0v) is 19.1. The standard InChI is InChI=1S/C24H26N2O4S/c1-15-14-20(26-23(28)24(2,3)4)31-21(15)22(27)25-16-10-12-17(13-11-16)30-19-9-7-6-8-18(19)29-5/h6-14H,1-5H3,(H,25,27)(H,26,28). The lowest BCUT2D eigenvalue weighted by Crippen LogP contribution is -2.27. The van der Waals surface area contributed by atoms with E-state index in [1.807, 2.05) is 58.0 Å². The molecular weight excluding hydrogens is 412 g/mol. The lowest BCUT2D eigenvalue weighted by atomic mass is 9.96. The van der Waals surface area contributed by atoms with Crippen LogP contribution in [0.3, 0.4) is 0 Å². The van der Waals surface area contributed by atoms with E-state index in [2.05, 4.69) is 10.6 Å². The number of nitrogens with one attached hydrogen (secondary N) is 2. The van der Waals surface area contributed by atoms with E-state index >= 15 is 0 Å². The third kappa shape index (κ3) is 5.64. The van der Waals surface area contributed by atoms with E-state index in [0.29, 0.717) is 32.8 Å². The van der Waals surface area contributed by atoms with E-state index in [1.54, 1.807) is 31.4 Å². The van der Waals surface area contributed by atoms with Crippen LogP contribution in [0.25, 0.3) is 0 Å². The molecule has 2 aromatic carbocycles. The molecule has 0 aliphatic rings. The molecule has 0 fully saturated rings. The number of aryl methyl sites for hydroxylation is 1. The molecule has 0 saturated heterocycles. The van der Waals surface area contributed by atoms with E-state index in [1.165, 1.54) is 11.3 Å². The first-order valence-electron chi connectivity index (χ1n) is 9.81. The summed E-state index contributed by atoms with van der Waals surface area (Å²) in [4.78, 5) is 25.5. The second-order valence-electron chi connectivity index (χ2n) is 8.06. The van der Waals surface area contributed by atoms with Gasteiger partial charge in [-0.15, -0.1) is 11.3 Å². The highest BCUT2D eigenvalue weighted by atomic mass is 32.1. The molecule has 0 unspecified atom stereocenters. The second-order valence-corrected chi connectivity index (χ2v) is 9.11. The van der Waals surface area contributed by atoms with Gasteiger partial charge in [0.2, 0.25) is 5.91 Å². The Bertz CT molecular complexity index is 1080. The number of hydrogen-bond donors (Lipinski definition) is 2. The van der Waals surface area contributed by atoms with Gasteiger partial charge in [0.1, 0.15) is 5.75 Å². The van der Waals surface area contributed by atoms with Crippen molar-refractivity contribution in [1.29, 1.82) is 0 Å². The maximum atomic E-state index is 12.7. The van der Waals surface area contributed by atoms with Crippen molar-refractivity contribution < 1.29 is 19.1 Å². The molecular formula is C24H26N2O4S. The Hall–Kier alpha value is -3.32. The number of thiophene rings is 1. The van der Waals surface area contributed by atoms with Crippen molar-refractivity contribution >= 4 is 33.8 Å². The number of benzene rings is 2. The van der Waals surface area contributed by atoms with Crippen LogP contribution < -0.4 is 20.1 Å². The third-order valence-electron chi connectivity index (χ3n) is 4.45. The Kier molecular flexibility index (Phi) is 6.65. The summed E-state index contributed by atoms with van der Waals surface area (Å²) in [7, 11) is 1.59. The minimum absolute atomic E-state index is 0.0913. The molecule has 7 heteroatoms. The summed E-state index contributed by atoms with van der Waals surface area (Å²) in [5, 5.41) is 6.42. The Morgan fingerprint density at radius 3 is 2.19 bits per heavy atom. The van der Waals surface area contributed by atoms with Crippen LogP contribution in [0.15, 0.2) is 54.6 Å². The van der Waals surface area contributed by atoms with Crippen molar-refractivity contribution in [2.45, 2.75) is 27.7 Å². The molecule has 162 valence electrons. The van der Waals surface area contributed by atoms with E-state index in [0.717, 1.165) is 5.56 Å². The summed E-state index contributed by atoms with van der Waals surface area (Å²) in [6.45, 7) is 7.38. The number of rotatable bonds is 6. The molecule has 0 radical (unpaired) electrons. The van der Waals surface area contributed by atoms with Gasteiger partial charge >= 0.3 is 0 Å². The van der Waals surface area contributed by atoms with Gasteiger partial charge in [0.05, 0.1) is 17.0 Å². The van der Waals surface area contributed by atoms with Crippen LogP contribution in [0.1, 0.15) is 36.0 Å². The fourth-order valence-corrected chi connectivity index (χ4v) is 3.66. The quantitative estimate of drug-likeness (QED) is 0.488. The van der Waals surface area contributed by atoms with E-state index in [-0.39, 0.29) is 11.8 Å². The molecule has 0 spiro atoms. The first-order valence-corrected chi connectivity index (χ1v) is 10.6. The van der Waals surface area contributed by atoms with E-state index < -0.39 is 5.41 Å². The number of para-hydroxylation sites is 2.